The van der Waals surface area contributed by atoms with Gasteiger partial charge in [0.1, 0.15) is 0 Å². The third kappa shape index (κ3) is 16.9. The minimum atomic E-state index is -2.55. The maximum absolute atomic E-state index is 11.0. The van der Waals surface area contributed by atoms with Gasteiger partial charge in [0.15, 0.2) is 0 Å². The molecule has 2 atom stereocenters. The van der Waals surface area contributed by atoms with Crippen molar-refractivity contribution >= 4 is 17.3 Å². The van der Waals surface area contributed by atoms with Crippen molar-refractivity contribution in [2.75, 3.05) is 6.61 Å². The molecule has 2 unspecified atom stereocenters. The molecule has 0 aromatic rings. The van der Waals surface area contributed by atoms with Crippen molar-refractivity contribution in [3.8, 4) is 0 Å². The number of carbonyl (C=O) groups is 1. The van der Waals surface area contributed by atoms with Gasteiger partial charge in [-0.25, -0.2) is 4.21 Å². The molecule has 0 radical (unpaired) electrons. The van der Waals surface area contributed by atoms with Crippen LogP contribution in [0.3, 0.4) is 0 Å². The Morgan fingerprint density at radius 1 is 1.09 bits per heavy atom. The smallest absolute Gasteiger partial charge is 1.00 e. The van der Waals surface area contributed by atoms with Crippen molar-refractivity contribution in [1.82, 2.24) is 0 Å². The average molecular weight is 345 g/mol. The van der Waals surface area contributed by atoms with Gasteiger partial charge in [-0.05, 0) is 12.8 Å². The van der Waals surface area contributed by atoms with E-state index in [9.17, 15) is 13.6 Å². The molecule has 5 nitrogen and oxygen atoms in total. The van der Waals surface area contributed by atoms with Crippen LogP contribution in [0.1, 0.15) is 79.0 Å². The summed E-state index contributed by atoms with van der Waals surface area (Å²) < 4.78 is 24.8. The molecule has 7 heteroatoms. The summed E-state index contributed by atoms with van der Waals surface area (Å²) in [5.41, 5.74) is 0. The van der Waals surface area contributed by atoms with E-state index in [1.165, 1.54) is 38.5 Å². The molecular formula is C15H30NaO5S-. The summed E-state index contributed by atoms with van der Waals surface area (Å²) in [4.78, 5) is 11.0. The van der Waals surface area contributed by atoms with Crippen LogP contribution in [0, 0.1) is 5.92 Å². The average Bonchev–Trinajstić information content (AvgIpc) is 2.43. The molecule has 0 saturated heterocycles. The summed E-state index contributed by atoms with van der Waals surface area (Å²) in [5.74, 6) is -1.37. The van der Waals surface area contributed by atoms with Gasteiger partial charge in [-0.3, -0.25) is 4.79 Å². The topological polar surface area (TPSA) is 86.7 Å². The Hall–Kier alpha value is 0.540. The number of carboxylic acids is 1. The largest absolute Gasteiger partial charge is 1.00 e. The first kappa shape index (κ1) is 24.8. The first-order valence-corrected chi connectivity index (χ1v) is 9.03. The quantitative estimate of drug-likeness (QED) is 0.271. The van der Waals surface area contributed by atoms with Crippen molar-refractivity contribution in [1.29, 1.82) is 0 Å². The van der Waals surface area contributed by atoms with Crippen LogP contribution in [0.5, 0.6) is 0 Å². The predicted molar refractivity (Wildman–Crippen MR) is 83.6 cm³/mol. The molecule has 0 amide bonds. The van der Waals surface area contributed by atoms with Crippen LogP contribution in [0.25, 0.3) is 0 Å². The van der Waals surface area contributed by atoms with Gasteiger partial charge in [0, 0.05) is 0 Å². The van der Waals surface area contributed by atoms with E-state index in [1.54, 1.807) is 0 Å². The van der Waals surface area contributed by atoms with Crippen LogP contribution in [0.4, 0.5) is 0 Å². The number of unbranched alkanes of at least 4 members (excludes halogenated alkanes) is 8. The molecule has 128 valence electrons. The third-order valence-corrected chi connectivity index (χ3v) is 4.01. The van der Waals surface area contributed by atoms with E-state index in [4.69, 9.17) is 5.11 Å². The Labute approximate surface area is 160 Å². The van der Waals surface area contributed by atoms with E-state index in [-0.39, 0.29) is 44.0 Å². The molecule has 0 spiro atoms. The van der Waals surface area contributed by atoms with Crippen LogP contribution in [0.15, 0.2) is 0 Å². The molecule has 0 aliphatic carbocycles. The van der Waals surface area contributed by atoms with Gasteiger partial charge in [-0.2, -0.15) is 0 Å². The molecule has 0 fully saturated rings. The summed E-state index contributed by atoms with van der Waals surface area (Å²) in [5, 5.41) is 9.05. The van der Waals surface area contributed by atoms with Crippen LogP contribution in [0.2, 0.25) is 0 Å². The molecule has 0 heterocycles. The Kier molecular flexibility index (Phi) is 20.2. The van der Waals surface area contributed by atoms with Crippen molar-refractivity contribution in [3.63, 3.8) is 0 Å². The second kappa shape index (κ2) is 17.9. The van der Waals surface area contributed by atoms with Gasteiger partial charge in [0.05, 0.1) is 23.9 Å². The molecule has 0 bridgehead atoms. The number of aliphatic carboxylic acids is 1. The number of carboxylic acid groups (broad SMARTS) is 1. The Morgan fingerprint density at radius 3 is 2.05 bits per heavy atom. The molecule has 0 aliphatic rings. The van der Waals surface area contributed by atoms with Crippen LogP contribution < -0.4 is 29.6 Å². The number of rotatable bonds is 15. The fourth-order valence-corrected chi connectivity index (χ4v) is 2.58. The molecule has 22 heavy (non-hydrogen) atoms. The van der Waals surface area contributed by atoms with E-state index in [0.29, 0.717) is 6.42 Å². The zero-order valence-corrected chi connectivity index (χ0v) is 16.9. The van der Waals surface area contributed by atoms with E-state index in [0.717, 1.165) is 19.3 Å². The van der Waals surface area contributed by atoms with Gasteiger partial charge < -0.3 is 15.3 Å². The normalized spacial score (nSPS) is 13.4. The third-order valence-electron chi connectivity index (χ3n) is 3.65. The van der Waals surface area contributed by atoms with Crippen LogP contribution >= 0.6 is 0 Å². The summed E-state index contributed by atoms with van der Waals surface area (Å²) in [6, 6.07) is 0. The maximum Gasteiger partial charge on any atom is 1.00 e. The van der Waals surface area contributed by atoms with Crippen LogP contribution in [-0.2, 0) is 20.3 Å². The zero-order chi connectivity index (χ0) is 15.9. The SMILES string of the molecule is CCCCCCCCCCCC(CCOS(=O)[O-])C(=O)O.[H-].[Na+]. The fraction of sp³-hybridized carbons (Fsp3) is 0.933. The van der Waals surface area contributed by atoms with E-state index in [2.05, 4.69) is 11.1 Å². The van der Waals surface area contributed by atoms with Gasteiger partial charge in [-0.1, -0.05) is 64.7 Å². The van der Waals surface area contributed by atoms with Crippen molar-refractivity contribution in [2.24, 2.45) is 5.92 Å². The molecule has 0 saturated carbocycles. The summed E-state index contributed by atoms with van der Waals surface area (Å²) >= 11 is -2.55. The van der Waals surface area contributed by atoms with Crippen molar-refractivity contribution < 1.29 is 53.8 Å². The molecule has 0 aromatic carbocycles. The van der Waals surface area contributed by atoms with E-state index >= 15 is 0 Å². The van der Waals surface area contributed by atoms with Crippen LogP contribution in [-0.4, -0.2) is 26.4 Å². The molecule has 0 aliphatic heterocycles. The van der Waals surface area contributed by atoms with Gasteiger partial charge >= 0.3 is 35.5 Å². The Morgan fingerprint density at radius 2 is 1.59 bits per heavy atom. The molecule has 1 N–H and O–H groups in total. The Bertz CT molecular complexity index is 295. The monoisotopic (exact) mass is 345 g/mol. The van der Waals surface area contributed by atoms with Crippen molar-refractivity contribution in [3.05, 3.63) is 0 Å². The van der Waals surface area contributed by atoms with Crippen molar-refractivity contribution in [2.45, 2.75) is 77.6 Å². The molecule has 0 aromatic heterocycles. The maximum atomic E-state index is 11.0. The first-order valence-electron chi connectivity index (χ1n) is 8.03. The molecule has 0 rings (SSSR count). The Balaban J connectivity index is -0.00000200. The summed E-state index contributed by atoms with van der Waals surface area (Å²) in [7, 11) is 0. The van der Waals surface area contributed by atoms with Gasteiger partial charge in [-0.15, -0.1) is 0 Å². The second-order valence-corrected chi connectivity index (χ2v) is 6.11. The summed E-state index contributed by atoms with van der Waals surface area (Å²) in [6.07, 6.45) is 11.6. The minimum absolute atomic E-state index is 0. The summed E-state index contributed by atoms with van der Waals surface area (Å²) in [6.45, 7) is 2.16. The molecular weight excluding hydrogens is 315 g/mol. The van der Waals surface area contributed by atoms with E-state index < -0.39 is 23.2 Å². The standard InChI is InChI=1S/C15H30O5S.Na.H/c1-2-3-4-5-6-7-8-9-10-11-14(15(16)17)12-13-20-21(18)19;;/h14H,2-13H2,1H3,(H,16,17)(H,18,19);;/q;+1;-1/p-1. The van der Waals surface area contributed by atoms with E-state index in [1.807, 2.05) is 0 Å². The minimum Gasteiger partial charge on any atom is -1.00 e. The second-order valence-electron chi connectivity index (χ2n) is 5.47. The number of hydrogen-bond donors (Lipinski definition) is 1. The number of hydrogen-bond acceptors (Lipinski definition) is 4. The fourth-order valence-electron chi connectivity index (χ4n) is 2.35. The van der Waals surface area contributed by atoms with Gasteiger partial charge in [0.25, 0.3) is 0 Å². The zero-order valence-electron chi connectivity index (χ0n) is 15.1. The predicted octanol–water partition coefficient (Wildman–Crippen LogP) is 0.925. The first-order chi connectivity index (χ1) is 10.1. The van der Waals surface area contributed by atoms with Gasteiger partial charge in [0.2, 0.25) is 0 Å².